The molecule has 0 radical (unpaired) electrons. The minimum Gasteiger partial charge on any atom is -0.341 e. The van der Waals surface area contributed by atoms with E-state index in [2.05, 4.69) is 9.97 Å². The predicted molar refractivity (Wildman–Crippen MR) is 76.2 cm³/mol. The van der Waals surface area contributed by atoms with Crippen molar-refractivity contribution in [2.24, 2.45) is 0 Å². The van der Waals surface area contributed by atoms with Crippen LogP contribution in [0.3, 0.4) is 0 Å². The smallest absolute Gasteiger partial charge is 0.253 e. The van der Waals surface area contributed by atoms with Gasteiger partial charge in [-0.1, -0.05) is 0 Å². The fourth-order valence-electron chi connectivity index (χ4n) is 1.90. The van der Waals surface area contributed by atoms with Crippen molar-refractivity contribution in [2.45, 2.75) is 20.3 Å². The molecule has 0 aliphatic carbocycles. The molecule has 1 aromatic carbocycles. The second-order valence-electron chi connectivity index (χ2n) is 4.73. The largest absolute Gasteiger partial charge is 0.341 e. The maximum absolute atomic E-state index is 12.2. The number of benzene rings is 1. The molecule has 0 fully saturated rings. The summed E-state index contributed by atoms with van der Waals surface area (Å²) in [7, 11) is 1.69. The van der Waals surface area contributed by atoms with Gasteiger partial charge in [0.15, 0.2) is 0 Å². The number of fused-ring (bicyclic) bond motifs is 1. The summed E-state index contributed by atoms with van der Waals surface area (Å²) in [6.45, 7) is 4.23. The van der Waals surface area contributed by atoms with Crippen molar-refractivity contribution in [3.8, 4) is 6.07 Å². The van der Waals surface area contributed by atoms with Gasteiger partial charge in [-0.25, -0.2) is 9.97 Å². The summed E-state index contributed by atoms with van der Waals surface area (Å²) >= 11 is 0. The molecule has 0 aliphatic rings. The number of hydrogen-bond acceptors (Lipinski definition) is 4. The average molecular weight is 268 g/mol. The molecule has 0 spiro atoms. The molecule has 1 amide bonds. The number of nitriles is 1. The Balaban J connectivity index is 2.34. The number of nitrogens with zero attached hydrogens (tertiary/aromatic N) is 4. The summed E-state index contributed by atoms with van der Waals surface area (Å²) < 4.78 is 0. The third kappa shape index (κ3) is 2.75. The summed E-state index contributed by atoms with van der Waals surface area (Å²) in [4.78, 5) is 22.6. The van der Waals surface area contributed by atoms with Crippen LogP contribution in [0.2, 0.25) is 0 Å². The topological polar surface area (TPSA) is 69.9 Å². The standard InChI is InChI=1S/C15H16N4O/c1-10-11(2)18-14-9-12(5-6-13(14)17-10)15(20)19(3)8-4-7-16/h5-6,9H,4,8H2,1-3H3. The summed E-state index contributed by atoms with van der Waals surface area (Å²) in [5.41, 5.74) is 3.81. The molecule has 0 aliphatic heterocycles. The highest BCUT2D eigenvalue weighted by Crippen LogP contribution is 2.15. The lowest BCUT2D eigenvalue weighted by molar-refractivity contribution is 0.0798. The maximum Gasteiger partial charge on any atom is 0.253 e. The minimum absolute atomic E-state index is 0.109. The van der Waals surface area contributed by atoms with Crippen molar-refractivity contribution in [1.82, 2.24) is 14.9 Å². The molecular weight excluding hydrogens is 252 g/mol. The molecule has 102 valence electrons. The van der Waals surface area contributed by atoms with Crippen molar-refractivity contribution in [2.75, 3.05) is 13.6 Å². The third-order valence-electron chi connectivity index (χ3n) is 3.23. The van der Waals surface area contributed by atoms with E-state index in [1.807, 2.05) is 19.9 Å². The zero-order valence-electron chi connectivity index (χ0n) is 11.8. The van der Waals surface area contributed by atoms with E-state index in [1.54, 1.807) is 30.1 Å². The van der Waals surface area contributed by atoms with Gasteiger partial charge in [-0.15, -0.1) is 0 Å². The van der Waals surface area contributed by atoms with Crippen LogP contribution >= 0.6 is 0 Å². The number of rotatable bonds is 3. The summed E-state index contributed by atoms with van der Waals surface area (Å²) in [6.07, 6.45) is 0.327. The Bertz CT molecular complexity index is 703. The van der Waals surface area contributed by atoms with Gasteiger partial charge in [0, 0.05) is 19.2 Å². The van der Waals surface area contributed by atoms with Gasteiger partial charge < -0.3 is 4.90 Å². The lowest BCUT2D eigenvalue weighted by atomic mass is 10.1. The minimum atomic E-state index is -0.109. The van der Waals surface area contributed by atoms with Crippen molar-refractivity contribution in [3.05, 3.63) is 35.2 Å². The summed E-state index contributed by atoms with van der Waals surface area (Å²) in [6, 6.07) is 7.33. The van der Waals surface area contributed by atoms with E-state index >= 15 is 0 Å². The lowest BCUT2D eigenvalue weighted by Gasteiger charge is -2.15. The highest BCUT2D eigenvalue weighted by atomic mass is 16.2. The molecule has 1 heterocycles. The van der Waals surface area contributed by atoms with Gasteiger partial charge in [-0.2, -0.15) is 5.26 Å². The van der Waals surface area contributed by atoms with Crippen LogP contribution in [0.1, 0.15) is 28.2 Å². The fourth-order valence-corrected chi connectivity index (χ4v) is 1.90. The molecule has 0 saturated carbocycles. The monoisotopic (exact) mass is 268 g/mol. The Hall–Kier alpha value is -2.48. The van der Waals surface area contributed by atoms with Crippen molar-refractivity contribution < 1.29 is 4.79 Å². The highest BCUT2D eigenvalue weighted by Gasteiger charge is 2.12. The molecule has 5 nitrogen and oxygen atoms in total. The van der Waals surface area contributed by atoms with E-state index < -0.39 is 0 Å². The Morgan fingerprint density at radius 1 is 1.25 bits per heavy atom. The molecular formula is C15H16N4O. The van der Waals surface area contributed by atoms with Crippen LogP contribution < -0.4 is 0 Å². The van der Waals surface area contributed by atoms with Gasteiger partial charge in [0.25, 0.3) is 5.91 Å². The van der Waals surface area contributed by atoms with Crippen molar-refractivity contribution in [1.29, 1.82) is 5.26 Å². The third-order valence-corrected chi connectivity index (χ3v) is 3.23. The highest BCUT2D eigenvalue weighted by molar-refractivity contribution is 5.97. The van der Waals surface area contributed by atoms with Crippen molar-refractivity contribution in [3.63, 3.8) is 0 Å². The summed E-state index contributed by atoms with van der Waals surface area (Å²) in [5, 5.41) is 8.56. The van der Waals surface area contributed by atoms with Crippen LogP contribution in [0.4, 0.5) is 0 Å². The molecule has 0 atom stereocenters. The molecule has 5 heteroatoms. The lowest BCUT2D eigenvalue weighted by Crippen LogP contribution is -2.27. The molecule has 0 N–H and O–H groups in total. The van der Waals surface area contributed by atoms with Gasteiger partial charge in [-0.3, -0.25) is 4.79 Å². The molecule has 0 unspecified atom stereocenters. The van der Waals surface area contributed by atoms with Gasteiger partial charge in [0.1, 0.15) is 0 Å². The first-order valence-corrected chi connectivity index (χ1v) is 6.40. The number of amides is 1. The van der Waals surface area contributed by atoms with Crippen LogP contribution in [0.25, 0.3) is 11.0 Å². The van der Waals surface area contributed by atoms with E-state index in [0.29, 0.717) is 24.0 Å². The number of carbonyl (C=O) groups excluding carboxylic acids is 1. The summed E-state index contributed by atoms with van der Waals surface area (Å²) in [5.74, 6) is -0.109. The maximum atomic E-state index is 12.2. The van der Waals surface area contributed by atoms with Gasteiger partial charge >= 0.3 is 0 Å². The molecule has 1 aromatic heterocycles. The first kappa shape index (κ1) is 13.9. The molecule has 20 heavy (non-hydrogen) atoms. The van der Waals surface area contributed by atoms with E-state index in [4.69, 9.17) is 5.26 Å². The van der Waals surface area contributed by atoms with Gasteiger partial charge in [-0.05, 0) is 32.0 Å². The van der Waals surface area contributed by atoms with Gasteiger partial charge in [0.05, 0.1) is 34.9 Å². The number of hydrogen-bond donors (Lipinski definition) is 0. The quantitative estimate of drug-likeness (QED) is 0.856. The Kier molecular flexibility index (Phi) is 3.94. The molecule has 2 aromatic rings. The zero-order chi connectivity index (χ0) is 14.7. The first-order valence-electron chi connectivity index (χ1n) is 6.40. The zero-order valence-corrected chi connectivity index (χ0v) is 11.8. The average Bonchev–Trinajstić information content (AvgIpc) is 2.44. The second kappa shape index (κ2) is 5.66. The van der Waals surface area contributed by atoms with Gasteiger partial charge in [0.2, 0.25) is 0 Å². The fraction of sp³-hybridized carbons (Fsp3) is 0.333. The van der Waals surface area contributed by atoms with Crippen LogP contribution in [0.5, 0.6) is 0 Å². The van der Waals surface area contributed by atoms with E-state index in [1.165, 1.54) is 0 Å². The Morgan fingerprint density at radius 3 is 2.55 bits per heavy atom. The number of aryl methyl sites for hydroxylation is 2. The SMILES string of the molecule is Cc1nc2ccc(C(=O)N(C)CCC#N)cc2nc1C. The predicted octanol–water partition coefficient (Wildman–Crippen LogP) is 2.23. The van der Waals surface area contributed by atoms with Crippen molar-refractivity contribution >= 4 is 16.9 Å². The van der Waals surface area contributed by atoms with Crippen LogP contribution in [-0.4, -0.2) is 34.4 Å². The number of carbonyl (C=O) groups is 1. The van der Waals surface area contributed by atoms with E-state index in [-0.39, 0.29) is 5.91 Å². The van der Waals surface area contributed by atoms with Crippen LogP contribution in [-0.2, 0) is 0 Å². The molecule has 0 saturated heterocycles. The normalized spacial score (nSPS) is 10.3. The Morgan fingerprint density at radius 2 is 1.90 bits per heavy atom. The molecule has 0 bridgehead atoms. The Labute approximate surface area is 117 Å². The van der Waals surface area contributed by atoms with Crippen LogP contribution in [0, 0.1) is 25.2 Å². The van der Waals surface area contributed by atoms with E-state index in [9.17, 15) is 4.79 Å². The van der Waals surface area contributed by atoms with Crippen LogP contribution in [0.15, 0.2) is 18.2 Å². The number of aromatic nitrogens is 2. The van der Waals surface area contributed by atoms with E-state index in [0.717, 1.165) is 16.9 Å². The molecule has 2 rings (SSSR count). The second-order valence-corrected chi connectivity index (χ2v) is 4.73. The first-order chi connectivity index (χ1) is 9.52.